The van der Waals surface area contributed by atoms with Gasteiger partial charge in [0.2, 0.25) is 0 Å². The van der Waals surface area contributed by atoms with E-state index in [4.69, 9.17) is 16.3 Å². The summed E-state index contributed by atoms with van der Waals surface area (Å²) in [6.07, 6.45) is -0.482. The summed E-state index contributed by atoms with van der Waals surface area (Å²) in [6.45, 7) is 5.38. The van der Waals surface area contributed by atoms with Gasteiger partial charge in [-0.3, -0.25) is 4.79 Å². The van der Waals surface area contributed by atoms with E-state index in [-0.39, 0.29) is 18.2 Å². The smallest absolute Gasteiger partial charge is 0.335 e. The highest BCUT2D eigenvalue weighted by molar-refractivity contribution is 6.30. The van der Waals surface area contributed by atoms with Gasteiger partial charge >= 0.3 is 5.97 Å². The largest absolute Gasteiger partial charge is 0.461 e. The number of hydrogen-bond acceptors (Lipinski definition) is 7. The van der Waals surface area contributed by atoms with Crippen LogP contribution in [-0.4, -0.2) is 55.6 Å². The van der Waals surface area contributed by atoms with Crippen molar-refractivity contribution in [1.29, 1.82) is 0 Å². The Morgan fingerprint density at radius 1 is 1.18 bits per heavy atom. The average molecular weight is 487 g/mol. The Bertz CT molecular complexity index is 1150. The van der Waals surface area contributed by atoms with Gasteiger partial charge in [0.05, 0.1) is 12.3 Å². The second kappa shape index (κ2) is 11.1. The molecule has 9 nitrogen and oxygen atoms in total. The van der Waals surface area contributed by atoms with E-state index in [1.807, 2.05) is 49.4 Å². The molecule has 2 aromatic carbocycles. The van der Waals surface area contributed by atoms with Gasteiger partial charge in [-0.05, 0) is 66.8 Å². The molecule has 2 atom stereocenters. The molecule has 0 saturated carbocycles. The van der Waals surface area contributed by atoms with Gasteiger partial charge in [-0.2, -0.15) is 0 Å². The van der Waals surface area contributed by atoms with Gasteiger partial charge in [0.1, 0.15) is 0 Å². The molecule has 1 heterocycles. The number of halogens is 1. The summed E-state index contributed by atoms with van der Waals surface area (Å²) in [7, 11) is 0. The van der Waals surface area contributed by atoms with Crippen LogP contribution in [0.1, 0.15) is 41.9 Å². The van der Waals surface area contributed by atoms with Gasteiger partial charge in [-0.25, -0.2) is 4.79 Å². The first-order valence-corrected chi connectivity index (χ1v) is 11.2. The zero-order valence-corrected chi connectivity index (χ0v) is 19.9. The Morgan fingerprint density at radius 3 is 2.50 bits per heavy atom. The van der Waals surface area contributed by atoms with Crippen molar-refractivity contribution in [3.8, 4) is 11.1 Å². The van der Waals surface area contributed by atoms with E-state index >= 15 is 0 Å². The maximum atomic E-state index is 12.5. The van der Waals surface area contributed by atoms with E-state index in [9.17, 15) is 19.9 Å². The van der Waals surface area contributed by atoms with Gasteiger partial charge in [0, 0.05) is 17.5 Å². The number of hydrogen-bond donors (Lipinski definition) is 3. The molecule has 10 heteroatoms. The Balaban J connectivity index is 1.77. The predicted octanol–water partition coefficient (Wildman–Crippen LogP) is 3.19. The second-order valence-corrected chi connectivity index (χ2v) is 8.73. The number of aryl methyl sites for hydroxylation is 1. The van der Waals surface area contributed by atoms with Gasteiger partial charge in [0.25, 0.3) is 5.91 Å². The minimum Gasteiger partial charge on any atom is -0.461 e. The van der Waals surface area contributed by atoms with E-state index < -0.39 is 24.0 Å². The topological polar surface area (TPSA) is 127 Å². The monoisotopic (exact) mass is 486 g/mol. The van der Waals surface area contributed by atoms with Crippen LogP contribution >= 0.6 is 11.6 Å². The van der Waals surface area contributed by atoms with Crippen molar-refractivity contribution in [3.63, 3.8) is 0 Å². The molecule has 3 aromatic rings. The molecule has 34 heavy (non-hydrogen) atoms. The van der Waals surface area contributed by atoms with Crippen LogP contribution in [0.15, 0.2) is 48.7 Å². The summed E-state index contributed by atoms with van der Waals surface area (Å²) in [4.78, 5) is 25.1. The highest BCUT2D eigenvalue weighted by Crippen LogP contribution is 2.27. The molecule has 1 amide bonds. The van der Waals surface area contributed by atoms with E-state index in [1.165, 1.54) is 0 Å². The van der Waals surface area contributed by atoms with Gasteiger partial charge < -0.3 is 20.4 Å². The normalized spacial score (nSPS) is 12.9. The summed E-state index contributed by atoms with van der Waals surface area (Å²) in [5.74, 6) is -1.36. The highest BCUT2D eigenvalue weighted by Gasteiger charge is 2.25. The molecule has 3 N–H and O–H groups in total. The van der Waals surface area contributed by atoms with Crippen molar-refractivity contribution < 1.29 is 24.6 Å². The van der Waals surface area contributed by atoms with E-state index in [0.29, 0.717) is 16.3 Å². The molecule has 0 spiro atoms. The fourth-order valence-electron chi connectivity index (χ4n) is 3.50. The lowest BCUT2D eigenvalue weighted by molar-refractivity contribution is -0.158. The van der Waals surface area contributed by atoms with Gasteiger partial charge in [-0.15, -0.1) is 5.10 Å². The van der Waals surface area contributed by atoms with Crippen LogP contribution in [0.3, 0.4) is 0 Å². The van der Waals surface area contributed by atoms with Crippen molar-refractivity contribution in [3.05, 3.63) is 70.5 Å². The van der Waals surface area contributed by atoms with Crippen molar-refractivity contribution in [2.45, 2.75) is 51.9 Å². The molecule has 0 bridgehead atoms. The van der Waals surface area contributed by atoms with Gasteiger partial charge in [0.15, 0.2) is 11.8 Å². The van der Waals surface area contributed by atoms with Crippen molar-refractivity contribution in [2.75, 3.05) is 0 Å². The highest BCUT2D eigenvalue weighted by atomic mass is 35.5. The number of nitrogens with zero attached hydrogens (tertiary/aromatic N) is 3. The van der Waals surface area contributed by atoms with Gasteiger partial charge in [-0.1, -0.05) is 46.8 Å². The third kappa shape index (κ3) is 6.79. The molecule has 2 unspecified atom stereocenters. The zero-order valence-electron chi connectivity index (χ0n) is 19.1. The second-order valence-electron chi connectivity index (χ2n) is 8.29. The first kappa shape index (κ1) is 25.2. The fraction of sp³-hybridized carbons (Fsp3) is 0.333. The Hall–Kier alpha value is -3.43. The first-order valence-electron chi connectivity index (χ1n) is 10.8. The molecule has 0 fully saturated rings. The number of aromatic nitrogens is 3. The minimum absolute atomic E-state index is 0.0697. The third-order valence-corrected chi connectivity index (χ3v) is 5.36. The number of aliphatic hydroxyl groups excluding tert-OH is 1. The molecule has 3 rings (SSSR count). The molecule has 0 aliphatic heterocycles. The van der Waals surface area contributed by atoms with E-state index in [2.05, 4.69) is 15.6 Å². The van der Waals surface area contributed by atoms with Crippen LogP contribution in [0.2, 0.25) is 5.02 Å². The van der Waals surface area contributed by atoms with Crippen LogP contribution in [0.25, 0.3) is 11.1 Å². The molecule has 0 aliphatic carbocycles. The SMILES string of the molecule is Cc1ccc(Cl)cc1-c1ccc(CC(CC(O)C(=O)OC(C)C)NC(=O)c2cn(O)nn2)cc1. The third-order valence-electron chi connectivity index (χ3n) is 5.13. The van der Waals surface area contributed by atoms with Crippen LogP contribution in [0, 0.1) is 6.92 Å². The van der Waals surface area contributed by atoms with Crippen molar-refractivity contribution in [1.82, 2.24) is 20.5 Å². The lowest BCUT2D eigenvalue weighted by Gasteiger charge is -2.21. The zero-order chi connectivity index (χ0) is 24.8. The number of ether oxygens (including phenoxy) is 1. The molecule has 0 aliphatic rings. The summed E-state index contributed by atoms with van der Waals surface area (Å²) in [5, 5.41) is 29.9. The quantitative estimate of drug-likeness (QED) is 0.313. The van der Waals surface area contributed by atoms with E-state index in [1.54, 1.807) is 13.8 Å². The number of esters is 1. The minimum atomic E-state index is -1.42. The van der Waals surface area contributed by atoms with Crippen LogP contribution in [-0.2, 0) is 16.0 Å². The van der Waals surface area contributed by atoms with E-state index in [0.717, 1.165) is 28.5 Å². The number of amides is 1. The standard InChI is InChI=1S/C24H27ClN4O5/c1-14(2)34-24(32)22(30)12-19(26-23(31)21-13-29(33)28-27-21)10-16-5-7-17(8-6-16)20-11-18(25)9-4-15(20)3/h4-9,11,13-14,19,22,30,33H,10,12H2,1-3H3,(H,26,31). The summed E-state index contributed by atoms with van der Waals surface area (Å²) >= 11 is 6.14. The lowest BCUT2D eigenvalue weighted by Crippen LogP contribution is -2.41. The molecular formula is C24H27ClN4O5. The van der Waals surface area contributed by atoms with Crippen molar-refractivity contribution in [2.24, 2.45) is 0 Å². The summed E-state index contributed by atoms with van der Waals surface area (Å²) in [6, 6.07) is 12.8. The molecule has 1 aromatic heterocycles. The Labute approximate surface area is 202 Å². The number of carbonyl (C=O) groups excluding carboxylic acids is 2. The maximum Gasteiger partial charge on any atom is 0.335 e. The fourth-order valence-corrected chi connectivity index (χ4v) is 3.67. The summed E-state index contributed by atoms with van der Waals surface area (Å²) in [5.41, 5.74) is 3.88. The molecule has 0 radical (unpaired) electrons. The average Bonchev–Trinajstić information content (AvgIpc) is 3.22. The van der Waals surface area contributed by atoms with Crippen LogP contribution in [0.5, 0.6) is 0 Å². The lowest BCUT2D eigenvalue weighted by atomic mass is 9.96. The number of benzene rings is 2. The number of carbonyl (C=O) groups is 2. The number of rotatable bonds is 9. The molecule has 180 valence electrons. The molecule has 0 saturated heterocycles. The Morgan fingerprint density at radius 2 is 1.88 bits per heavy atom. The summed E-state index contributed by atoms with van der Waals surface area (Å²) < 4.78 is 5.07. The number of nitrogens with one attached hydrogen (secondary N) is 1. The predicted molar refractivity (Wildman–Crippen MR) is 126 cm³/mol. The molecular weight excluding hydrogens is 460 g/mol. The van der Waals surface area contributed by atoms with Crippen molar-refractivity contribution >= 4 is 23.5 Å². The van der Waals surface area contributed by atoms with Crippen LogP contribution < -0.4 is 5.32 Å². The van der Waals surface area contributed by atoms with Crippen LogP contribution in [0.4, 0.5) is 0 Å². The maximum absolute atomic E-state index is 12.5. The Kier molecular flexibility index (Phi) is 8.25. The number of aliphatic hydroxyl groups is 1. The first-order chi connectivity index (χ1) is 16.1.